The van der Waals surface area contributed by atoms with E-state index in [0.29, 0.717) is 12.1 Å². The minimum Gasteiger partial charge on any atom is -0.324 e. The number of sulfone groups is 1. The zero-order valence-electron chi connectivity index (χ0n) is 10.7. The van der Waals surface area contributed by atoms with Crippen molar-refractivity contribution in [3.63, 3.8) is 0 Å². The molecule has 100 valence electrons. The third-order valence-corrected chi connectivity index (χ3v) is 3.78. The van der Waals surface area contributed by atoms with Crippen molar-refractivity contribution in [1.29, 1.82) is 0 Å². The average Bonchev–Trinajstić information content (AvgIpc) is 2.29. The first-order valence-electron chi connectivity index (χ1n) is 5.63. The number of amides is 1. The molecule has 1 amide bonds. The molecule has 3 N–H and O–H groups in total. The number of carbonyl (C=O) groups excluding carboxylic acids is 1. The van der Waals surface area contributed by atoms with E-state index in [1.54, 1.807) is 13.0 Å². The third kappa shape index (κ3) is 3.54. The highest BCUT2D eigenvalue weighted by molar-refractivity contribution is 7.90. The fourth-order valence-electron chi connectivity index (χ4n) is 1.38. The zero-order valence-corrected chi connectivity index (χ0v) is 11.5. The number of carbonyl (C=O) groups is 1. The van der Waals surface area contributed by atoms with Crippen LogP contribution in [0.2, 0.25) is 0 Å². The van der Waals surface area contributed by atoms with Gasteiger partial charge in [-0.1, -0.05) is 13.0 Å². The van der Waals surface area contributed by atoms with Gasteiger partial charge in [-0.05, 0) is 31.0 Å². The van der Waals surface area contributed by atoms with Gasteiger partial charge in [-0.2, -0.15) is 0 Å². The molecular formula is C12H18N2O3S. The summed E-state index contributed by atoms with van der Waals surface area (Å²) in [5.74, 6) is -0.314. The molecule has 1 aromatic rings. The molecule has 1 aromatic carbocycles. The Balaban J connectivity index is 3.06. The van der Waals surface area contributed by atoms with Gasteiger partial charge in [0.1, 0.15) is 0 Å². The number of rotatable bonds is 4. The van der Waals surface area contributed by atoms with Gasteiger partial charge in [-0.25, -0.2) is 8.42 Å². The molecule has 0 aliphatic rings. The number of nitrogens with two attached hydrogens (primary N) is 1. The third-order valence-electron chi connectivity index (χ3n) is 2.67. The van der Waals surface area contributed by atoms with Crippen LogP contribution in [0.3, 0.4) is 0 Å². The van der Waals surface area contributed by atoms with Crippen LogP contribution >= 0.6 is 0 Å². The first-order valence-corrected chi connectivity index (χ1v) is 7.52. The van der Waals surface area contributed by atoms with Gasteiger partial charge in [0.15, 0.2) is 9.84 Å². The topological polar surface area (TPSA) is 89.3 Å². The Morgan fingerprint density at radius 2 is 2.06 bits per heavy atom. The van der Waals surface area contributed by atoms with Crippen molar-refractivity contribution in [1.82, 2.24) is 0 Å². The number of nitrogens with one attached hydrogen (secondary N) is 1. The molecule has 5 nitrogen and oxygen atoms in total. The smallest absolute Gasteiger partial charge is 0.241 e. The lowest BCUT2D eigenvalue weighted by molar-refractivity contribution is -0.117. The highest BCUT2D eigenvalue weighted by Gasteiger charge is 2.14. The van der Waals surface area contributed by atoms with E-state index >= 15 is 0 Å². The highest BCUT2D eigenvalue weighted by atomic mass is 32.2. The van der Waals surface area contributed by atoms with E-state index in [1.807, 2.05) is 6.92 Å². The fraction of sp³-hybridized carbons (Fsp3) is 0.417. The summed E-state index contributed by atoms with van der Waals surface area (Å²) < 4.78 is 22.9. The number of hydrogen-bond donors (Lipinski definition) is 2. The van der Waals surface area contributed by atoms with Crippen molar-refractivity contribution in [3.8, 4) is 0 Å². The lowest BCUT2D eigenvalue weighted by Gasteiger charge is -2.13. The quantitative estimate of drug-likeness (QED) is 0.856. The summed E-state index contributed by atoms with van der Waals surface area (Å²) in [4.78, 5) is 11.8. The predicted octanol–water partition coefficient (Wildman–Crippen LogP) is 1.07. The van der Waals surface area contributed by atoms with Crippen LogP contribution in [0.1, 0.15) is 18.9 Å². The normalized spacial score (nSPS) is 13.1. The minimum absolute atomic E-state index is 0.175. The summed E-state index contributed by atoms with van der Waals surface area (Å²) >= 11 is 0. The molecule has 6 heteroatoms. The second-order valence-electron chi connectivity index (χ2n) is 4.25. The Morgan fingerprint density at radius 3 is 2.56 bits per heavy atom. The van der Waals surface area contributed by atoms with E-state index in [2.05, 4.69) is 5.32 Å². The lowest BCUT2D eigenvalue weighted by atomic mass is 10.1. The van der Waals surface area contributed by atoms with Crippen molar-refractivity contribution in [2.24, 2.45) is 5.73 Å². The minimum atomic E-state index is -3.29. The largest absolute Gasteiger partial charge is 0.324 e. The number of benzene rings is 1. The van der Waals surface area contributed by atoms with Gasteiger partial charge in [-0.3, -0.25) is 4.79 Å². The Bertz CT molecular complexity index is 552. The summed E-state index contributed by atoms with van der Waals surface area (Å²) in [5.41, 5.74) is 6.88. The molecule has 0 bridgehead atoms. The van der Waals surface area contributed by atoms with Crippen molar-refractivity contribution in [2.45, 2.75) is 31.2 Å². The molecule has 0 heterocycles. The van der Waals surface area contributed by atoms with Crippen LogP contribution in [0.25, 0.3) is 0 Å². The molecule has 0 saturated heterocycles. The molecule has 18 heavy (non-hydrogen) atoms. The van der Waals surface area contributed by atoms with Crippen LogP contribution in [0, 0.1) is 6.92 Å². The summed E-state index contributed by atoms with van der Waals surface area (Å²) in [5, 5.41) is 2.64. The van der Waals surface area contributed by atoms with E-state index in [0.717, 1.165) is 11.8 Å². The van der Waals surface area contributed by atoms with Crippen molar-refractivity contribution in [2.75, 3.05) is 11.6 Å². The van der Waals surface area contributed by atoms with Gasteiger partial charge in [0.25, 0.3) is 0 Å². The molecule has 1 rings (SSSR count). The summed E-state index contributed by atoms with van der Waals surface area (Å²) in [6.07, 6.45) is 1.65. The molecule has 0 aliphatic heterocycles. The molecule has 0 aliphatic carbocycles. The van der Waals surface area contributed by atoms with Crippen molar-refractivity contribution < 1.29 is 13.2 Å². The fourth-order valence-corrected chi connectivity index (χ4v) is 2.02. The Kier molecular flexibility index (Phi) is 4.48. The van der Waals surface area contributed by atoms with Gasteiger partial charge in [0.2, 0.25) is 5.91 Å². The first-order chi connectivity index (χ1) is 8.25. The zero-order chi connectivity index (χ0) is 13.9. The van der Waals surface area contributed by atoms with Gasteiger partial charge >= 0.3 is 0 Å². The van der Waals surface area contributed by atoms with E-state index in [-0.39, 0.29) is 10.8 Å². The molecule has 0 spiro atoms. The maximum absolute atomic E-state index is 11.7. The van der Waals surface area contributed by atoms with Gasteiger partial charge in [-0.15, -0.1) is 0 Å². The monoisotopic (exact) mass is 270 g/mol. The second kappa shape index (κ2) is 5.49. The van der Waals surface area contributed by atoms with Crippen molar-refractivity contribution in [3.05, 3.63) is 23.8 Å². The van der Waals surface area contributed by atoms with Crippen LogP contribution in [-0.2, 0) is 14.6 Å². The molecule has 0 aromatic heterocycles. The summed E-state index contributed by atoms with van der Waals surface area (Å²) in [6.45, 7) is 3.60. The van der Waals surface area contributed by atoms with E-state index in [4.69, 9.17) is 5.73 Å². The Hall–Kier alpha value is -1.40. The highest BCUT2D eigenvalue weighted by Crippen LogP contribution is 2.20. The van der Waals surface area contributed by atoms with Gasteiger partial charge in [0.05, 0.1) is 10.9 Å². The number of hydrogen-bond acceptors (Lipinski definition) is 4. The maximum Gasteiger partial charge on any atom is 0.241 e. The SMILES string of the molecule is CC[C@H](N)C(=O)Nc1cc(S(C)(=O)=O)ccc1C. The van der Waals surface area contributed by atoms with Gasteiger partial charge in [0, 0.05) is 11.9 Å². The van der Waals surface area contributed by atoms with Crippen LogP contribution in [0.15, 0.2) is 23.1 Å². The van der Waals surface area contributed by atoms with Crippen LogP contribution in [0.4, 0.5) is 5.69 Å². The molecule has 0 radical (unpaired) electrons. The predicted molar refractivity (Wildman–Crippen MR) is 71.2 cm³/mol. The Labute approximate surface area is 107 Å². The van der Waals surface area contributed by atoms with E-state index < -0.39 is 15.9 Å². The summed E-state index contributed by atoms with van der Waals surface area (Å²) in [6, 6.07) is 4.03. The molecule has 0 unspecified atom stereocenters. The summed E-state index contributed by atoms with van der Waals surface area (Å²) in [7, 11) is -3.29. The Morgan fingerprint density at radius 1 is 1.44 bits per heavy atom. The lowest BCUT2D eigenvalue weighted by Crippen LogP contribution is -2.35. The van der Waals surface area contributed by atoms with Crippen LogP contribution in [-0.4, -0.2) is 26.6 Å². The first kappa shape index (κ1) is 14.7. The number of anilines is 1. The standard InChI is InChI=1S/C12H18N2O3S/c1-4-10(13)12(15)14-11-7-9(18(3,16)17)6-5-8(11)2/h5-7,10H,4,13H2,1-3H3,(H,14,15)/t10-/m0/s1. The second-order valence-corrected chi connectivity index (χ2v) is 6.27. The molecule has 1 atom stereocenters. The molecule has 0 saturated carbocycles. The van der Waals surface area contributed by atoms with Crippen LogP contribution < -0.4 is 11.1 Å². The molecule has 0 fully saturated rings. The van der Waals surface area contributed by atoms with Crippen molar-refractivity contribution >= 4 is 21.4 Å². The number of aryl methyl sites for hydroxylation is 1. The van der Waals surface area contributed by atoms with E-state index in [1.165, 1.54) is 12.1 Å². The average molecular weight is 270 g/mol. The van der Waals surface area contributed by atoms with Gasteiger partial charge < -0.3 is 11.1 Å². The van der Waals surface area contributed by atoms with Crippen LogP contribution in [0.5, 0.6) is 0 Å². The molecular weight excluding hydrogens is 252 g/mol. The maximum atomic E-state index is 11.7. The van der Waals surface area contributed by atoms with E-state index in [9.17, 15) is 13.2 Å².